The number of nitrogens with zero attached hydrogens (tertiary/aromatic N) is 1. The zero-order valence-corrected chi connectivity index (χ0v) is 20.8. The SMILES string of the molecule is CCOC(=O)c1ccc(N2C(=O)c3oc4cc(C)c(C)cc4c(=O)c3C2c2ccc(O)c(OC)c2)cc1. The average Bonchev–Trinajstić information content (AvgIpc) is 3.18. The molecule has 0 saturated carbocycles. The van der Waals surface area contributed by atoms with Gasteiger partial charge in [0.2, 0.25) is 5.76 Å². The number of aromatic hydroxyl groups is 1. The van der Waals surface area contributed by atoms with Crippen LogP contribution in [0.4, 0.5) is 5.69 Å². The highest BCUT2D eigenvalue weighted by Gasteiger charge is 2.44. The summed E-state index contributed by atoms with van der Waals surface area (Å²) in [6.07, 6.45) is 0. The molecule has 1 aliphatic rings. The molecule has 0 radical (unpaired) electrons. The van der Waals surface area contributed by atoms with Crippen molar-refractivity contribution in [2.24, 2.45) is 0 Å². The number of fused-ring (bicyclic) bond motifs is 2. The van der Waals surface area contributed by atoms with Gasteiger partial charge in [-0.05, 0) is 86.0 Å². The van der Waals surface area contributed by atoms with E-state index in [2.05, 4.69) is 0 Å². The smallest absolute Gasteiger partial charge is 0.338 e. The van der Waals surface area contributed by atoms with Crippen LogP contribution in [0.15, 0.2) is 63.8 Å². The second-order valence-electron chi connectivity index (χ2n) is 8.88. The summed E-state index contributed by atoms with van der Waals surface area (Å²) in [5.41, 5.74) is 3.43. The molecule has 1 aliphatic heterocycles. The summed E-state index contributed by atoms with van der Waals surface area (Å²) in [6.45, 7) is 5.78. The molecule has 1 N–H and O–H groups in total. The van der Waals surface area contributed by atoms with Crippen molar-refractivity contribution in [3.05, 3.63) is 98.4 Å². The molecule has 188 valence electrons. The number of hydrogen-bond donors (Lipinski definition) is 1. The Labute approximate surface area is 212 Å². The van der Waals surface area contributed by atoms with E-state index in [1.807, 2.05) is 13.8 Å². The van der Waals surface area contributed by atoms with Crippen molar-refractivity contribution in [1.29, 1.82) is 0 Å². The zero-order chi connectivity index (χ0) is 26.4. The average molecular weight is 500 g/mol. The molecule has 0 saturated heterocycles. The largest absolute Gasteiger partial charge is 0.504 e. The van der Waals surface area contributed by atoms with E-state index in [0.29, 0.717) is 27.8 Å². The third-order valence-corrected chi connectivity index (χ3v) is 6.66. The normalized spacial score (nSPS) is 14.6. The number of aryl methyl sites for hydroxylation is 2. The molecule has 0 bridgehead atoms. The Balaban J connectivity index is 1.74. The molecular formula is C29H25NO7. The van der Waals surface area contributed by atoms with Crippen molar-refractivity contribution < 1.29 is 28.6 Å². The molecule has 4 aromatic rings. The van der Waals surface area contributed by atoms with Gasteiger partial charge in [0.25, 0.3) is 5.91 Å². The van der Waals surface area contributed by atoms with Crippen molar-refractivity contribution in [1.82, 2.24) is 0 Å². The van der Waals surface area contributed by atoms with E-state index in [0.717, 1.165) is 11.1 Å². The fourth-order valence-electron chi connectivity index (χ4n) is 4.65. The summed E-state index contributed by atoms with van der Waals surface area (Å²) in [5, 5.41) is 10.5. The summed E-state index contributed by atoms with van der Waals surface area (Å²) >= 11 is 0. The molecule has 0 fully saturated rings. The predicted octanol–water partition coefficient (Wildman–Crippen LogP) is 5.05. The van der Waals surface area contributed by atoms with E-state index >= 15 is 0 Å². The van der Waals surface area contributed by atoms with Crippen molar-refractivity contribution in [3.8, 4) is 11.5 Å². The number of ether oxygens (including phenoxy) is 2. The highest BCUT2D eigenvalue weighted by Crippen LogP contribution is 2.43. The van der Waals surface area contributed by atoms with Gasteiger partial charge in [-0.3, -0.25) is 14.5 Å². The number of rotatable bonds is 5. The topological polar surface area (TPSA) is 106 Å². The first-order valence-corrected chi connectivity index (χ1v) is 11.8. The first-order chi connectivity index (χ1) is 17.7. The third-order valence-electron chi connectivity index (χ3n) is 6.66. The number of phenols is 1. The van der Waals surface area contributed by atoms with Crippen molar-refractivity contribution in [2.45, 2.75) is 26.8 Å². The zero-order valence-electron chi connectivity index (χ0n) is 20.8. The molecule has 8 heteroatoms. The molecule has 1 amide bonds. The number of phenolic OH excluding ortho intramolecular Hbond substituents is 1. The lowest BCUT2D eigenvalue weighted by molar-refractivity contribution is 0.0526. The van der Waals surface area contributed by atoms with Gasteiger partial charge in [-0.2, -0.15) is 0 Å². The number of methoxy groups -OCH3 is 1. The minimum atomic E-state index is -0.854. The molecule has 8 nitrogen and oxygen atoms in total. The summed E-state index contributed by atoms with van der Waals surface area (Å²) < 4.78 is 16.4. The second-order valence-corrected chi connectivity index (χ2v) is 8.88. The molecule has 1 atom stereocenters. The maximum absolute atomic E-state index is 13.8. The van der Waals surface area contributed by atoms with Crippen LogP contribution in [0.2, 0.25) is 0 Å². The lowest BCUT2D eigenvalue weighted by Gasteiger charge is -2.25. The molecule has 0 aliphatic carbocycles. The molecule has 1 unspecified atom stereocenters. The van der Waals surface area contributed by atoms with E-state index in [9.17, 15) is 19.5 Å². The molecule has 3 aromatic carbocycles. The molecule has 2 heterocycles. The van der Waals surface area contributed by atoms with E-state index in [4.69, 9.17) is 13.9 Å². The first kappa shape index (κ1) is 24.1. The Bertz CT molecular complexity index is 1620. The van der Waals surface area contributed by atoms with E-state index < -0.39 is 17.9 Å². The number of esters is 1. The predicted molar refractivity (Wildman–Crippen MR) is 138 cm³/mol. The van der Waals surface area contributed by atoms with E-state index in [1.54, 1.807) is 55.5 Å². The van der Waals surface area contributed by atoms with Gasteiger partial charge in [-0.15, -0.1) is 0 Å². The monoisotopic (exact) mass is 499 g/mol. The van der Waals surface area contributed by atoms with Crippen LogP contribution in [0, 0.1) is 13.8 Å². The molecular weight excluding hydrogens is 474 g/mol. The number of anilines is 1. The van der Waals surface area contributed by atoms with Crippen LogP contribution in [0.25, 0.3) is 11.0 Å². The van der Waals surface area contributed by atoms with Gasteiger partial charge < -0.3 is 19.0 Å². The molecule has 0 spiro atoms. The maximum atomic E-state index is 13.8. The highest BCUT2D eigenvalue weighted by molar-refractivity contribution is 6.11. The van der Waals surface area contributed by atoms with Crippen molar-refractivity contribution in [3.63, 3.8) is 0 Å². The van der Waals surface area contributed by atoms with Crippen LogP contribution in [0.1, 0.15) is 56.1 Å². The van der Waals surface area contributed by atoms with Gasteiger partial charge in [0.05, 0.1) is 36.3 Å². The van der Waals surface area contributed by atoms with Crippen molar-refractivity contribution in [2.75, 3.05) is 18.6 Å². The molecule has 1 aromatic heterocycles. The van der Waals surface area contributed by atoms with Gasteiger partial charge >= 0.3 is 5.97 Å². The lowest BCUT2D eigenvalue weighted by atomic mass is 9.97. The standard InChI is InChI=1S/C29H25NO7/c1-5-36-29(34)17-6-9-19(10-7-17)30-25(18-8-11-21(31)23(14-18)35-4)24-26(32)20-12-15(2)16(3)13-22(20)37-27(24)28(30)33/h6-14,25,31H,5H2,1-4H3. The number of amides is 1. The first-order valence-electron chi connectivity index (χ1n) is 11.8. The van der Waals surface area contributed by atoms with Gasteiger partial charge in [-0.1, -0.05) is 6.07 Å². The summed E-state index contributed by atoms with van der Waals surface area (Å²) in [7, 11) is 1.42. The maximum Gasteiger partial charge on any atom is 0.338 e. The minimum Gasteiger partial charge on any atom is -0.504 e. The number of carbonyl (C=O) groups excluding carboxylic acids is 2. The van der Waals surface area contributed by atoms with Gasteiger partial charge in [-0.25, -0.2) is 4.79 Å². The van der Waals surface area contributed by atoms with Crippen LogP contribution in [0.5, 0.6) is 11.5 Å². The number of hydrogen-bond acceptors (Lipinski definition) is 7. The lowest BCUT2D eigenvalue weighted by Crippen LogP contribution is -2.29. The fourth-order valence-corrected chi connectivity index (χ4v) is 4.65. The van der Waals surface area contributed by atoms with Crippen LogP contribution in [0.3, 0.4) is 0 Å². The van der Waals surface area contributed by atoms with E-state index in [1.165, 1.54) is 18.1 Å². The van der Waals surface area contributed by atoms with Crippen molar-refractivity contribution >= 4 is 28.5 Å². The molecule has 5 rings (SSSR count). The Morgan fingerprint density at radius 3 is 2.41 bits per heavy atom. The molecule has 37 heavy (non-hydrogen) atoms. The quantitative estimate of drug-likeness (QED) is 0.383. The highest BCUT2D eigenvalue weighted by atomic mass is 16.5. The Morgan fingerprint density at radius 1 is 1.03 bits per heavy atom. The van der Waals surface area contributed by atoms with Crippen LogP contribution >= 0.6 is 0 Å². The summed E-state index contributed by atoms with van der Waals surface area (Å²) in [6, 6.07) is 13.7. The van der Waals surface area contributed by atoms with Crippen LogP contribution in [-0.4, -0.2) is 30.7 Å². The fraction of sp³-hybridized carbons (Fsp3) is 0.207. The Morgan fingerprint density at radius 2 is 1.73 bits per heavy atom. The third kappa shape index (κ3) is 3.91. The number of carbonyl (C=O) groups is 2. The van der Waals surface area contributed by atoms with Gasteiger partial charge in [0.1, 0.15) is 5.58 Å². The summed E-state index contributed by atoms with van der Waals surface area (Å²) in [4.78, 5) is 41.2. The minimum absolute atomic E-state index is 0.0488. The van der Waals surface area contributed by atoms with Crippen LogP contribution in [-0.2, 0) is 4.74 Å². The van der Waals surface area contributed by atoms with Gasteiger partial charge in [0, 0.05) is 5.69 Å². The number of benzene rings is 3. The van der Waals surface area contributed by atoms with Crippen LogP contribution < -0.4 is 15.1 Å². The van der Waals surface area contributed by atoms with E-state index in [-0.39, 0.29) is 34.9 Å². The van der Waals surface area contributed by atoms with Gasteiger partial charge in [0.15, 0.2) is 16.9 Å². The second kappa shape index (κ2) is 9.13. The Kier molecular flexibility index (Phi) is 5.95. The Hall–Kier alpha value is -4.59. The summed E-state index contributed by atoms with van der Waals surface area (Å²) in [5.74, 6) is -0.885.